The van der Waals surface area contributed by atoms with Crippen molar-refractivity contribution in [1.29, 1.82) is 0 Å². The van der Waals surface area contributed by atoms with E-state index in [1.165, 1.54) is 31.1 Å². The average molecular weight is 788 g/mol. The summed E-state index contributed by atoms with van der Waals surface area (Å²) in [5, 5.41) is 3.17. The molecule has 0 radical (unpaired) electrons. The minimum Gasteiger partial charge on any atom is -0.276 e. The molecule has 0 spiro atoms. The molecular weight excluding hydrogens is 761 g/mol. The Morgan fingerprint density at radius 3 is 1.60 bits per heavy atom. The Kier molecular flexibility index (Phi) is 12.8. The minimum atomic E-state index is -0.523. The van der Waals surface area contributed by atoms with Crippen molar-refractivity contribution in [3.63, 3.8) is 0 Å². The zero-order valence-electron chi connectivity index (χ0n) is 24.1. The summed E-state index contributed by atoms with van der Waals surface area (Å²) in [6, 6.07) is 30.2. The normalized spacial score (nSPS) is 10.2. The van der Waals surface area contributed by atoms with E-state index in [0.29, 0.717) is 25.9 Å². The van der Waals surface area contributed by atoms with Crippen molar-refractivity contribution in [2.45, 2.75) is 13.8 Å². The summed E-state index contributed by atoms with van der Waals surface area (Å²) in [7, 11) is 0. The summed E-state index contributed by atoms with van der Waals surface area (Å²) >= 11 is 17.1. The molecule has 228 valence electrons. The first-order valence-corrected chi connectivity index (χ1v) is 18.0. The van der Waals surface area contributed by atoms with Gasteiger partial charge in [0.15, 0.2) is 0 Å². The molecule has 6 nitrogen and oxygen atoms in total. The molecule has 0 fully saturated rings. The summed E-state index contributed by atoms with van der Waals surface area (Å²) < 4.78 is 3.92. The van der Waals surface area contributed by atoms with Crippen molar-refractivity contribution >= 4 is 84.3 Å². The Hall–Kier alpha value is -3.45. The molecule has 0 aliphatic rings. The van der Waals surface area contributed by atoms with E-state index in [-0.39, 0.29) is 34.9 Å². The average Bonchev–Trinajstić information content (AvgIpc) is 3.67. The minimum absolute atomic E-state index is 0.0109. The summed E-state index contributed by atoms with van der Waals surface area (Å²) in [4.78, 5) is 31.2. The fourth-order valence-corrected chi connectivity index (χ4v) is 8.17. The summed E-state index contributed by atoms with van der Waals surface area (Å²) in [6.45, 7) is 4.19. The van der Waals surface area contributed by atoms with E-state index < -0.39 is 5.24 Å². The SMILES string of the molecule is Cc1ccccc1-c1cnc(N)[se]1.Cc1ccccc1-c1cnc(NC(=O)c2ccccc2Cl)[se]1.O=C(Cl)c1ccccc1Cl. The Morgan fingerprint density at radius 1 is 0.667 bits per heavy atom. The third-order valence-corrected chi connectivity index (χ3v) is 10.9. The number of rotatable bonds is 5. The summed E-state index contributed by atoms with van der Waals surface area (Å²) in [5.74, 6) is -0.217. The van der Waals surface area contributed by atoms with Crippen molar-refractivity contribution in [2.75, 3.05) is 11.1 Å². The molecule has 2 aromatic heterocycles. The van der Waals surface area contributed by atoms with Gasteiger partial charge < -0.3 is 0 Å². The molecule has 45 heavy (non-hydrogen) atoms. The van der Waals surface area contributed by atoms with Gasteiger partial charge in [-0.25, -0.2) is 0 Å². The van der Waals surface area contributed by atoms with E-state index in [9.17, 15) is 9.59 Å². The van der Waals surface area contributed by atoms with E-state index in [2.05, 4.69) is 53.4 Å². The van der Waals surface area contributed by atoms with Crippen LogP contribution in [0, 0.1) is 13.8 Å². The van der Waals surface area contributed by atoms with Crippen LogP contribution in [-0.2, 0) is 0 Å². The van der Waals surface area contributed by atoms with Gasteiger partial charge in [-0.3, -0.25) is 4.79 Å². The maximum Gasteiger partial charge on any atom is 0.253 e. The van der Waals surface area contributed by atoms with Crippen LogP contribution in [-0.4, -0.2) is 50.1 Å². The van der Waals surface area contributed by atoms with Crippen LogP contribution >= 0.6 is 34.8 Å². The van der Waals surface area contributed by atoms with Crippen LogP contribution in [0.1, 0.15) is 31.8 Å². The number of benzene rings is 4. The first kappa shape index (κ1) is 34.4. The molecular formula is C34H27Cl3N4O2Se2. The predicted octanol–water partition coefficient (Wildman–Crippen LogP) is 8.43. The molecule has 0 atom stereocenters. The van der Waals surface area contributed by atoms with Crippen molar-refractivity contribution in [2.24, 2.45) is 0 Å². The van der Waals surface area contributed by atoms with Gasteiger partial charge in [-0.15, -0.1) is 0 Å². The van der Waals surface area contributed by atoms with Crippen LogP contribution in [0.5, 0.6) is 0 Å². The third kappa shape index (κ3) is 9.77. The van der Waals surface area contributed by atoms with Crippen LogP contribution in [0.2, 0.25) is 10.0 Å². The molecule has 0 aliphatic carbocycles. The zero-order chi connectivity index (χ0) is 32.3. The second kappa shape index (κ2) is 16.7. The van der Waals surface area contributed by atoms with E-state index in [0.717, 1.165) is 4.69 Å². The number of aromatic nitrogens is 2. The van der Waals surface area contributed by atoms with E-state index in [4.69, 9.17) is 40.5 Å². The number of carbonyl (C=O) groups is 2. The zero-order valence-corrected chi connectivity index (χ0v) is 29.8. The Labute approximate surface area is 288 Å². The molecule has 0 unspecified atom stereocenters. The van der Waals surface area contributed by atoms with Gasteiger partial charge in [0.2, 0.25) is 0 Å². The fourth-order valence-electron chi connectivity index (χ4n) is 4.00. The number of anilines is 2. The topological polar surface area (TPSA) is 98.0 Å². The number of amides is 1. The largest absolute Gasteiger partial charge is 0.276 e. The molecule has 2 heterocycles. The number of hydrogen-bond donors (Lipinski definition) is 2. The standard InChI is InChI=1S/C17H13ClN2OSe.C10H10N2Se.C7H4Cl2O/c1-11-6-2-3-7-12(11)15-10-19-17(22-15)20-16(21)13-8-4-5-9-14(13)18;1-7-4-2-3-5-8(7)9-6-12-10(11)13-9;8-6-4-2-1-3-5(6)7(9)10/h2-10H,1H3,(H,19,20,21);2-6H,1H3,(H2,11,12);1-4H. The summed E-state index contributed by atoms with van der Waals surface area (Å²) in [6.07, 6.45) is 3.72. The van der Waals surface area contributed by atoms with Gasteiger partial charge in [0.25, 0.3) is 5.24 Å². The monoisotopic (exact) mass is 788 g/mol. The van der Waals surface area contributed by atoms with Crippen LogP contribution in [0.25, 0.3) is 20.0 Å². The van der Waals surface area contributed by atoms with Gasteiger partial charge >= 0.3 is 222 Å². The second-order valence-corrected chi connectivity index (χ2v) is 15.0. The molecule has 1 amide bonds. The van der Waals surface area contributed by atoms with Crippen molar-refractivity contribution in [3.8, 4) is 20.0 Å². The number of nitrogens with two attached hydrogens (primary N) is 1. The van der Waals surface area contributed by atoms with Crippen molar-refractivity contribution in [3.05, 3.63) is 142 Å². The number of aryl methyl sites for hydroxylation is 2. The Morgan fingerprint density at radius 2 is 1.13 bits per heavy atom. The fraction of sp³-hybridized carbons (Fsp3) is 0.0588. The maximum atomic E-state index is 12.2. The van der Waals surface area contributed by atoms with Gasteiger partial charge in [0.05, 0.1) is 10.6 Å². The predicted molar refractivity (Wildman–Crippen MR) is 188 cm³/mol. The number of halogens is 3. The molecule has 11 heteroatoms. The number of nitrogens with one attached hydrogen (secondary N) is 1. The van der Waals surface area contributed by atoms with Gasteiger partial charge in [-0.05, 0) is 23.7 Å². The number of carbonyl (C=O) groups excluding carboxylic acids is 2. The maximum absolute atomic E-state index is 12.2. The van der Waals surface area contributed by atoms with Crippen LogP contribution in [0.15, 0.2) is 109 Å². The molecule has 0 saturated carbocycles. The molecule has 0 aliphatic heterocycles. The molecule has 6 aromatic rings. The van der Waals surface area contributed by atoms with Gasteiger partial charge in [-0.1, -0.05) is 23.7 Å². The van der Waals surface area contributed by atoms with E-state index >= 15 is 0 Å². The molecule has 0 bridgehead atoms. The van der Waals surface area contributed by atoms with Crippen molar-refractivity contribution in [1.82, 2.24) is 9.97 Å². The molecule has 6 rings (SSSR count). The first-order valence-electron chi connectivity index (χ1n) is 13.4. The molecule has 0 saturated heterocycles. The van der Waals surface area contributed by atoms with Crippen LogP contribution < -0.4 is 11.1 Å². The van der Waals surface area contributed by atoms with Gasteiger partial charge in [0, 0.05) is 0 Å². The molecule has 4 aromatic carbocycles. The van der Waals surface area contributed by atoms with Crippen molar-refractivity contribution < 1.29 is 9.59 Å². The third-order valence-electron chi connectivity index (χ3n) is 6.27. The number of nitrogen functional groups attached to an aromatic ring is 1. The van der Waals surface area contributed by atoms with Gasteiger partial charge in [0.1, 0.15) is 0 Å². The first-order chi connectivity index (χ1) is 21.6. The Bertz CT molecular complexity index is 1920. The quantitative estimate of drug-likeness (QED) is 0.135. The molecule has 3 N–H and O–H groups in total. The van der Waals surface area contributed by atoms with E-state index in [1.54, 1.807) is 48.5 Å². The Balaban J connectivity index is 0.000000170. The second-order valence-electron chi connectivity index (χ2n) is 9.41. The van der Waals surface area contributed by atoms with Crippen LogP contribution in [0.3, 0.4) is 0 Å². The number of nitrogens with zero attached hydrogens (tertiary/aromatic N) is 2. The summed E-state index contributed by atoms with van der Waals surface area (Å²) in [5.41, 5.74) is 11.4. The van der Waals surface area contributed by atoms with E-state index in [1.807, 2.05) is 36.7 Å². The smallest absolute Gasteiger partial charge is 0.253 e. The van der Waals surface area contributed by atoms with Gasteiger partial charge in [-0.2, -0.15) is 0 Å². The number of hydrogen-bond acceptors (Lipinski definition) is 5. The van der Waals surface area contributed by atoms with Crippen LogP contribution in [0.4, 0.5) is 9.38 Å².